The highest BCUT2D eigenvalue weighted by atomic mass is 16.5. The Kier molecular flexibility index (Phi) is 6.68. The van der Waals surface area contributed by atoms with Crippen molar-refractivity contribution in [3.8, 4) is 0 Å². The number of rotatable bonds is 6. The summed E-state index contributed by atoms with van der Waals surface area (Å²) in [6.07, 6.45) is 4.38. The fourth-order valence-corrected chi connectivity index (χ4v) is 3.62. The van der Waals surface area contributed by atoms with E-state index in [1.807, 2.05) is 20.8 Å². The summed E-state index contributed by atoms with van der Waals surface area (Å²) in [5.74, 6) is -1.21. The summed E-state index contributed by atoms with van der Waals surface area (Å²) < 4.78 is 5.16. The summed E-state index contributed by atoms with van der Waals surface area (Å²) in [4.78, 5) is 48.8. The van der Waals surface area contributed by atoms with Crippen molar-refractivity contribution in [1.29, 1.82) is 0 Å². The van der Waals surface area contributed by atoms with E-state index in [4.69, 9.17) is 4.74 Å². The summed E-state index contributed by atoms with van der Waals surface area (Å²) in [7, 11) is 0. The molecule has 1 saturated heterocycles. The zero-order valence-corrected chi connectivity index (χ0v) is 18.1. The number of hydrogen-bond acceptors (Lipinski definition) is 6. The van der Waals surface area contributed by atoms with Crippen LogP contribution in [0.3, 0.4) is 0 Å². The Balaban J connectivity index is 1.80. The Morgan fingerprint density at radius 1 is 1.29 bits per heavy atom. The number of pyridine rings is 2. The first-order valence-corrected chi connectivity index (χ1v) is 10.3. The van der Waals surface area contributed by atoms with Gasteiger partial charge in [0.25, 0.3) is 5.91 Å². The molecule has 2 aromatic heterocycles. The Morgan fingerprint density at radius 2 is 2.06 bits per heavy atom. The average Bonchev–Trinajstić information content (AvgIpc) is 3.24. The van der Waals surface area contributed by atoms with E-state index in [1.165, 1.54) is 11.0 Å². The molecule has 31 heavy (non-hydrogen) atoms. The second-order valence-corrected chi connectivity index (χ2v) is 8.62. The predicted molar refractivity (Wildman–Crippen MR) is 116 cm³/mol. The first kappa shape index (κ1) is 22.4. The van der Waals surface area contributed by atoms with Gasteiger partial charge in [0, 0.05) is 12.7 Å². The van der Waals surface area contributed by atoms with Crippen LogP contribution >= 0.6 is 0 Å². The molecule has 1 unspecified atom stereocenters. The van der Waals surface area contributed by atoms with Crippen molar-refractivity contribution in [3.05, 3.63) is 48.8 Å². The van der Waals surface area contributed by atoms with Gasteiger partial charge in [0.05, 0.1) is 11.0 Å². The smallest absolute Gasteiger partial charge is 0.329 e. The molecule has 8 heteroatoms. The number of aromatic nitrogens is 2. The van der Waals surface area contributed by atoms with Crippen LogP contribution in [0.5, 0.6) is 0 Å². The van der Waals surface area contributed by atoms with Gasteiger partial charge in [0.15, 0.2) is 0 Å². The molecular weight excluding hydrogens is 396 g/mol. The van der Waals surface area contributed by atoms with Gasteiger partial charge in [-0.25, -0.2) is 9.78 Å². The number of ether oxygens (including phenoxy) is 1. The van der Waals surface area contributed by atoms with Crippen LogP contribution in [0.4, 0.5) is 0 Å². The lowest BCUT2D eigenvalue weighted by atomic mass is 9.85. The number of likely N-dealkylation sites (tertiary alicyclic amines) is 1. The predicted octanol–water partition coefficient (Wildman–Crippen LogP) is 2.49. The summed E-state index contributed by atoms with van der Waals surface area (Å²) in [6, 6.07) is 5.34. The molecule has 2 atom stereocenters. The van der Waals surface area contributed by atoms with Gasteiger partial charge in [-0.3, -0.25) is 14.6 Å². The minimum atomic E-state index is -0.834. The highest BCUT2D eigenvalue weighted by Crippen LogP contribution is 2.26. The molecule has 0 aromatic carbocycles. The van der Waals surface area contributed by atoms with Gasteiger partial charge < -0.3 is 15.0 Å². The highest BCUT2D eigenvalue weighted by molar-refractivity contribution is 5.98. The fourth-order valence-electron chi connectivity index (χ4n) is 3.62. The molecular formula is C23H28N4O4. The average molecular weight is 425 g/mol. The molecule has 0 bridgehead atoms. The number of nitrogens with one attached hydrogen (secondary N) is 1. The Hall–Kier alpha value is -3.29. The van der Waals surface area contributed by atoms with Crippen LogP contribution in [-0.2, 0) is 14.3 Å². The summed E-state index contributed by atoms with van der Waals surface area (Å²) in [5.41, 5.74) is 0.897. The molecule has 2 aromatic rings. The van der Waals surface area contributed by atoms with E-state index in [-0.39, 0.29) is 18.2 Å². The third-order valence-corrected chi connectivity index (χ3v) is 5.23. The quantitative estimate of drug-likeness (QED) is 0.565. The maximum absolute atomic E-state index is 13.4. The maximum Gasteiger partial charge on any atom is 0.329 e. The van der Waals surface area contributed by atoms with Crippen molar-refractivity contribution in [1.82, 2.24) is 20.2 Å². The van der Waals surface area contributed by atoms with E-state index < -0.39 is 29.4 Å². The first-order valence-electron chi connectivity index (χ1n) is 10.3. The lowest BCUT2D eigenvalue weighted by molar-refractivity contribution is -0.153. The molecule has 0 spiro atoms. The standard InChI is InChI=1S/C23H28N4O4/c1-5-14-31-22(30)18-9-7-13-27(18)21(29)19(23(2,3)4)26-20(28)17-11-10-15-16(25-17)8-6-12-24-15/h5-6,8,10-12,18-19H,1,7,9,13-14H2,2-4H3,(H,26,28)/t18-,19?/m1/s1. The fraction of sp³-hybridized carbons (Fsp3) is 0.435. The molecule has 0 radical (unpaired) electrons. The lowest BCUT2D eigenvalue weighted by Gasteiger charge is -2.35. The van der Waals surface area contributed by atoms with Crippen molar-refractivity contribution in [3.63, 3.8) is 0 Å². The van der Waals surface area contributed by atoms with Gasteiger partial charge in [-0.2, -0.15) is 0 Å². The molecule has 1 fully saturated rings. The van der Waals surface area contributed by atoms with Crippen LogP contribution in [0.15, 0.2) is 43.1 Å². The summed E-state index contributed by atoms with van der Waals surface area (Å²) in [5, 5.41) is 2.84. The van der Waals surface area contributed by atoms with Crippen molar-refractivity contribution in [2.45, 2.75) is 45.7 Å². The number of hydrogen-bond donors (Lipinski definition) is 1. The van der Waals surface area contributed by atoms with Crippen LogP contribution in [-0.4, -0.2) is 57.9 Å². The second kappa shape index (κ2) is 9.24. The Morgan fingerprint density at radius 3 is 2.77 bits per heavy atom. The normalized spacial score (nSPS) is 17.3. The van der Waals surface area contributed by atoms with Gasteiger partial charge in [-0.15, -0.1) is 0 Å². The molecule has 164 valence electrons. The second-order valence-electron chi connectivity index (χ2n) is 8.62. The monoisotopic (exact) mass is 424 g/mol. The van der Waals surface area contributed by atoms with Gasteiger partial charge in [0.1, 0.15) is 24.4 Å². The van der Waals surface area contributed by atoms with E-state index in [9.17, 15) is 14.4 Å². The molecule has 3 heterocycles. The molecule has 3 rings (SSSR count). The largest absolute Gasteiger partial charge is 0.460 e. The van der Waals surface area contributed by atoms with Crippen molar-refractivity contribution < 1.29 is 19.1 Å². The SMILES string of the molecule is C=CCOC(=O)[C@H]1CCCN1C(=O)C(NC(=O)c1ccc2ncccc2n1)C(C)(C)C. The Bertz CT molecular complexity index is 998. The van der Waals surface area contributed by atoms with Crippen LogP contribution in [0, 0.1) is 5.41 Å². The highest BCUT2D eigenvalue weighted by Gasteiger charge is 2.42. The van der Waals surface area contributed by atoms with Gasteiger partial charge in [-0.05, 0) is 42.5 Å². The van der Waals surface area contributed by atoms with Crippen molar-refractivity contribution >= 4 is 28.8 Å². The topological polar surface area (TPSA) is 101 Å². The van der Waals surface area contributed by atoms with E-state index in [1.54, 1.807) is 30.5 Å². The Labute approximate surface area is 181 Å². The number of fused-ring (bicyclic) bond motifs is 1. The maximum atomic E-state index is 13.4. The minimum Gasteiger partial charge on any atom is -0.460 e. The number of nitrogens with zero attached hydrogens (tertiary/aromatic N) is 3. The van der Waals surface area contributed by atoms with Crippen LogP contribution < -0.4 is 5.32 Å². The molecule has 1 N–H and O–H groups in total. The van der Waals surface area contributed by atoms with Gasteiger partial charge in [-0.1, -0.05) is 33.4 Å². The summed E-state index contributed by atoms with van der Waals surface area (Å²) in [6.45, 7) is 9.68. The van der Waals surface area contributed by atoms with E-state index in [0.717, 1.165) is 0 Å². The van der Waals surface area contributed by atoms with E-state index in [0.29, 0.717) is 30.4 Å². The minimum absolute atomic E-state index is 0.0965. The third kappa shape index (κ3) is 5.07. The third-order valence-electron chi connectivity index (χ3n) is 5.23. The van der Waals surface area contributed by atoms with Crippen LogP contribution in [0.2, 0.25) is 0 Å². The summed E-state index contributed by atoms with van der Waals surface area (Å²) >= 11 is 0. The number of carbonyl (C=O) groups is 3. The van der Waals surface area contributed by atoms with Crippen molar-refractivity contribution in [2.24, 2.45) is 5.41 Å². The van der Waals surface area contributed by atoms with Crippen LogP contribution in [0.25, 0.3) is 11.0 Å². The number of amides is 2. The van der Waals surface area contributed by atoms with Gasteiger partial charge in [0.2, 0.25) is 5.91 Å². The van der Waals surface area contributed by atoms with E-state index in [2.05, 4.69) is 21.9 Å². The molecule has 1 aliphatic heterocycles. The first-order chi connectivity index (χ1) is 14.7. The number of esters is 1. The molecule has 1 aliphatic rings. The zero-order chi connectivity index (χ0) is 22.6. The van der Waals surface area contributed by atoms with Gasteiger partial charge >= 0.3 is 5.97 Å². The molecule has 8 nitrogen and oxygen atoms in total. The van der Waals surface area contributed by atoms with E-state index >= 15 is 0 Å². The van der Waals surface area contributed by atoms with Crippen molar-refractivity contribution in [2.75, 3.05) is 13.2 Å². The lowest BCUT2D eigenvalue weighted by Crippen LogP contribution is -2.56. The zero-order valence-electron chi connectivity index (χ0n) is 18.1. The number of carbonyl (C=O) groups excluding carboxylic acids is 3. The van der Waals surface area contributed by atoms with Crippen LogP contribution in [0.1, 0.15) is 44.1 Å². The molecule has 0 aliphatic carbocycles. The molecule has 2 amide bonds. The molecule has 0 saturated carbocycles.